The van der Waals surface area contributed by atoms with Crippen LogP contribution >= 0.6 is 23.4 Å². The monoisotopic (exact) mass is 671 g/mol. The number of carbonyl (C=O) groups is 1. The van der Waals surface area contributed by atoms with Crippen LogP contribution in [0, 0.1) is 13.8 Å². The first kappa shape index (κ1) is 33.3. The Hall–Kier alpha value is -2.61. The number of aryl methyl sites for hydroxylation is 2. The molecule has 3 aliphatic heterocycles. The minimum Gasteiger partial charge on any atom is -0.431 e. The van der Waals surface area contributed by atoms with Gasteiger partial charge in [0.15, 0.2) is 11.4 Å². The molecule has 0 radical (unpaired) electrons. The van der Waals surface area contributed by atoms with Crippen molar-refractivity contribution in [3.63, 3.8) is 0 Å². The lowest BCUT2D eigenvalue weighted by molar-refractivity contribution is -0.117. The standard InChI is InChI=1S/C33H46ClN7O4S/c1-22(2)25-20-26(34)24(4)29-31(25)45-33(37-29)46-18-13-38-5-7-39(8-6-38)21-28(42)36-30-27(40-9-14-43-15-10-40)19-23(3)35-32(30)41-11-16-44-17-12-41/h19-20,22H,5-18,21H2,1-4H3,(H,36,42). The number of halogens is 1. The molecule has 3 fully saturated rings. The molecule has 46 heavy (non-hydrogen) atoms. The highest BCUT2D eigenvalue weighted by atomic mass is 35.5. The third-order valence-electron chi connectivity index (χ3n) is 8.99. The van der Waals surface area contributed by atoms with Crippen molar-refractivity contribution in [3.8, 4) is 0 Å². The van der Waals surface area contributed by atoms with Gasteiger partial charge < -0.3 is 29.0 Å². The number of hydrogen-bond acceptors (Lipinski definition) is 11. The fourth-order valence-electron chi connectivity index (χ4n) is 6.30. The van der Waals surface area contributed by atoms with Crippen molar-refractivity contribution in [2.45, 2.75) is 38.8 Å². The van der Waals surface area contributed by atoms with Gasteiger partial charge in [-0.15, -0.1) is 0 Å². The minimum absolute atomic E-state index is 0.00852. The fourth-order valence-corrected chi connectivity index (χ4v) is 7.33. The molecule has 1 aromatic carbocycles. The van der Waals surface area contributed by atoms with Gasteiger partial charge in [0.25, 0.3) is 5.22 Å². The number of nitrogens with one attached hydrogen (secondary N) is 1. The SMILES string of the molecule is Cc1cc(N2CCOCC2)c(NC(=O)CN2CCN(CCSc3nc4c(C)c(Cl)cc(C(C)C)c4o3)CC2)c(N2CCOCC2)n1. The predicted molar refractivity (Wildman–Crippen MR) is 185 cm³/mol. The van der Waals surface area contributed by atoms with E-state index in [4.69, 9.17) is 35.5 Å². The molecule has 0 saturated carbocycles. The number of morpholine rings is 2. The molecule has 3 aliphatic rings. The summed E-state index contributed by atoms with van der Waals surface area (Å²) in [7, 11) is 0. The van der Waals surface area contributed by atoms with Crippen molar-refractivity contribution in [1.82, 2.24) is 19.8 Å². The van der Waals surface area contributed by atoms with Crippen molar-refractivity contribution in [1.29, 1.82) is 0 Å². The number of oxazole rings is 1. The Balaban J connectivity index is 1.03. The maximum absolute atomic E-state index is 13.5. The van der Waals surface area contributed by atoms with E-state index in [-0.39, 0.29) is 5.91 Å². The van der Waals surface area contributed by atoms with E-state index in [0.717, 1.165) is 115 Å². The average Bonchev–Trinajstić information content (AvgIpc) is 3.49. The van der Waals surface area contributed by atoms with Crippen molar-refractivity contribution in [3.05, 3.63) is 34.0 Å². The molecule has 5 heterocycles. The largest absolute Gasteiger partial charge is 0.431 e. The smallest absolute Gasteiger partial charge is 0.256 e. The summed E-state index contributed by atoms with van der Waals surface area (Å²) in [5, 5.41) is 4.72. The zero-order chi connectivity index (χ0) is 32.2. The van der Waals surface area contributed by atoms with Gasteiger partial charge in [-0.05, 0) is 37.5 Å². The van der Waals surface area contributed by atoms with Crippen LogP contribution < -0.4 is 15.1 Å². The number of amides is 1. The molecular formula is C33H46ClN7O4S. The Kier molecular flexibility index (Phi) is 10.9. The maximum atomic E-state index is 13.5. The van der Waals surface area contributed by atoms with Gasteiger partial charge in [-0.3, -0.25) is 14.6 Å². The first-order valence-corrected chi connectivity index (χ1v) is 17.8. The van der Waals surface area contributed by atoms with E-state index >= 15 is 0 Å². The van der Waals surface area contributed by atoms with E-state index in [0.29, 0.717) is 44.1 Å². The molecule has 1 amide bonds. The lowest BCUT2D eigenvalue weighted by Gasteiger charge is -2.36. The Bertz CT molecular complexity index is 1480. The molecular weight excluding hydrogens is 626 g/mol. The molecule has 6 rings (SSSR count). The maximum Gasteiger partial charge on any atom is 0.256 e. The zero-order valence-corrected chi connectivity index (χ0v) is 29.0. The van der Waals surface area contributed by atoms with Crippen molar-refractivity contribution >= 4 is 57.6 Å². The van der Waals surface area contributed by atoms with Gasteiger partial charge in [-0.1, -0.05) is 37.2 Å². The number of benzene rings is 1. The number of fused-ring (bicyclic) bond motifs is 1. The fraction of sp³-hybridized carbons (Fsp3) is 0.606. The van der Waals surface area contributed by atoms with Gasteiger partial charge in [-0.25, -0.2) is 9.97 Å². The number of ether oxygens (including phenoxy) is 2. The van der Waals surface area contributed by atoms with Gasteiger partial charge in [0, 0.05) is 80.9 Å². The highest BCUT2D eigenvalue weighted by Crippen LogP contribution is 2.37. The van der Waals surface area contributed by atoms with Crippen LogP contribution in [0.1, 0.15) is 36.6 Å². The molecule has 3 aromatic rings. The normalized spacial score (nSPS) is 18.6. The van der Waals surface area contributed by atoms with Crippen LogP contribution in [0.3, 0.4) is 0 Å². The van der Waals surface area contributed by atoms with E-state index < -0.39 is 0 Å². The highest BCUT2D eigenvalue weighted by molar-refractivity contribution is 7.99. The van der Waals surface area contributed by atoms with Crippen molar-refractivity contribution in [2.24, 2.45) is 0 Å². The number of pyridine rings is 1. The van der Waals surface area contributed by atoms with E-state index in [1.165, 1.54) is 0 Å². The van der Waals surface area contributed by atoms with E-state index in [9.17, 15) is 4.79 Å². The molecule has 250 valence electrons. The number of anilines is 3. The third kappa shape index (κ3) is 7.74. The summed E-state index contributed by atoms with van der Waals surface area (Å²) < 4.78 is 17.4. The van der Waals surface area contributed by atoms with Gasteiger partial charge >= 0.3 is 0 Å². The number of thioether (sulfide) groups is 1. The topological polar surface area (TPSA) is 99.4 Å². The van der Waals surface area contributed by atoms with E-state index in [2.05, 4.69) is 44.8 Å². The summed E-state index contributed by atoms with van der Waals surface area (Å²) in [5.41, 5.74) is 6.52. The van der Waals surface area contributed by atoms with Gasteiger partial charge in [0.2, 0.25) is 5.91 Å². The van der Waals surface area contributed by atoms with E-state index in [1.54, 1.807) is 11.8 Å². The van der Waals surface area contributed by atoms with Crippen LogP contribution in [-0.2, 0) is 14.3 Å². The summed E-state index contributed by atoms with van der Waals surface area (Å²) in [4.78, 5) is 32.4. The second kappa shape index (κ2) is 15.1. The van der Waals surface area contributed by atoms with Crippen LogP contribution in [0.15, 0.2) is 21.8 Å². The molecule has 13 heteroatoms. The lowest BCUT2D eigenvalue weighted by atomic mass is 10.0. The minimum atomic E-state index is -0.00852. The molecule has 1 N–H and O–H groups in total. The summed E-state index contributed by atoms with van der Waals surface area (Å²) in [6.45, 7) is 18.8. The predicted octanol–water partition coefficient (Wildman–Crippen LogP) is 4.64. The van der Waals surface area contributed by atoms with E-state index in [1.807, 2.05) is 19.9 Å². The second-order valence-electron chi connectivity index (χ2n) is 12.6. The Morgan fingerprint density at radius 3 is 2.26 bits per heavy atom. The first-order chi connectivity index (χ1) is 22.3. The number of rotatable bonds is 10. The number of aromatic nitrogens is 2. The number of carbonyl (C=O) groups excluding carboxylic acids is 1. The van der Waals surface area contributed by atoms with Crippen LogP contribution in [0.25, 0.3) is 11.1 Å². The third-order valence-corrected chi connectivity index (χ3v) is 10.2. The Morgan fingerprint density at radius 2 is 1.59 bits per heavy atom. The number of hydrogen-bond donors (Lipinski definition) is 1. The molecule has 0 atom stereocenters. The molecule has 11 nitrogen and oxygen atoms in total. The molecule has 0 spiro atoms. The summed E-state index contributed by atoms with van der Waals surface area (Å²) in [6.07, 6.45) is 0. The summed E-state index contributed by atoms with van der Waals surface area (Å²) in [5.74, 6) is 2.01. The van der Waals surface area contributed by atoms with Crippen LogP contribution in [0.2, 0.25) is 5.02 Å². The summed E-state index contributed by atoms with van der Waals surface area (Å²) >= 11 is 8.13. The van der Waals surface area contributed by atoms with Crippen molar-refractivity contribution < 1.29 is 18.7 Å². The molecule has 0 unspecified atom stereocenters. The molecule has 0 bridgehead atoms. The van der Waals surface area contributed by atoms with Crippen LogP contribution in [0.5, 0.6) is 0 Å². The molecule has 0 aliphatic carbocycles. The quantitative estimate of drug-likeness (QED) is 0.305. The highest BCUT2D eigenvalue weighted by Gasteiger charge is 2.26. The van der Waals surface area contributed by atoms with Crippen molar-refractivity contribution in [2.75, 3.05) is 113 Å². The number of piperazine rings is 1. The van der Waals surface area contributed by atoms with Gasteiger partial charge in [0.1, 0.15) is 11.2 Å². The van der Waals surface area contributed by atoms with Crippen LogP contribution in [0.4, 0.5) is 17.2 Å². The molecule has 3 saturated heterocycles. The average molecular weight is 672 g/mol. The van der Waals surface area contributed by atoms with Gasteiger partial charge in [0.05, 0.1) is 38.7 Å². The molecule has 2 aromatic heterocycles. The Morgan fingerprint density at radius 1 is 0.935 bits per heavy atom. The zero-order valence-electron chi connectivity index (χ0n) is 27.4. The lowest BCUT2D eigenvalue weighted by Crippen LogP contribution is -2.49. The summed E-state index contributed by atoms with van der Waals surface area (Å²) in [6, 6.07) is 4.09. The van der Waals surface area contributed by atoms with Crippen LogP contribution in [-0.4, -0.2) is 123 Å². The number of nitrogens with zero attached hydrogens (tertiary/aromatic N) is 6. The second-order valence-corrected chi connectivity index (χ2v) is 14.0. The first-order valence-electron chi connectivity index (χ1n) is 16.4. The van der Waals surface area contributed by atoms with Gasteiger partial charge in [-0.2, -0.15) is 0 Å². The Labute approximate surface area is 280 Å².